The van der Waals surface area contributed by atoms with Crippen LogP contribution in [-0.4, -0.2) is 18.9 Å². The van der Waals surface area contributed by atoms with E-state index in [1.54, 1.807) is 7.11 Å². The molecule has 4 nitrogen and oxygen atoms in total. The quantitative estimate of drug-likeness (QED) is 0.283. The zero-order valence-electron chi connectivity index (χ0n) is 13.8. The highest BCUT2D eigenvalue weighted by Crippen LogP contribution is 2.41. The molecule has 0 N–H and O–H groups in total. The van der Waals surface area contributed by atoms with Crippen molar-refractivity contribution >= 4 is 51.3 Å². The predicted octanol–water partition coefficient (Wildman–Crippen LogP) is 5.73. The minimum atomic E-state index is -0.696. The van der Waals surface area contributed by atoms with Gasteiger partial charge in [-0.1, -0.05) is 13.8 Å². The standard InChI is InChI=1S/C16H22I2O4/c1-7-9(2)10-8-11(17)14(20-6)12(18)13(10)21-15(19)22-16(3,4)5/h8-9H,7H2,1-6H3. The molecular weight excluding hydrogens is 510 g/mol. The summed E-state index contributed by atoms with van der Waals surface area (Å²) in [5.74, 6) is 1.51. The first kappa shape index (κ1) is 19.8. The first-order chi connectivity index (χ1) is 10.1. The molecule has 124 valence electrons. The summed E-state index contributed by atoms with van der Waals surface area (Å²) in [6, 6.07) is 2.01. The van der Waals surface area contributed by atoms with E-state index in [-0.39, 0.29) is 5.92 Å². The van der Waals surface area contributed by atoms with Crippen molar-refractivity contribution in [3.8, 4) is 11.5 Å². The number of hydrogen-bond acceptors (Lipinski definition) is 4. The minimum absolute atomic E-state index is 0.269. The summed E-state index contributed by atoms with van der Waals surface area (Å²) in [7, 11) is 1.61. The van der Waals surface area contributed by atoms with Crippen LogP contribution in [-0.2, 0) is 4.74 Å². The molecule has 0 aliphatic rings. The number of ether oxygens (including phenoxy) is 3. The maximum atomic E-state index is 12.0. The van der Waals surface area contributed by atoms with Crippen molar-refractivity contribution in [3.05, 3.63) is 18.8 Å². The topological polar surface area (TPSA) is 44.8 Å². The van der Waals surface area contributed by atoms with Gasteiger partial charge in [0.2, 0.25) is 0 Å². The van der Waals surface area contributed by atoms with E-state index >= 15 is 0 Å². The van der Waals surface area contributed by atoms with E-state index in [0.29, 0.717) is 11.5 Å². The van der Waals surface area contributed by atoms with Gasteiger partial charge < -0.3 is 14.2 Å². The molecule has 0 saturated heterocycles. The zero-order chi connectivity index (χ0) is 17.1. The van der Waals surface area contributed by atoms with Crippen molar-refractivity contribution in [3.63, 3.8) is 0 Å². The van der Waals surface area contributed by atoms with Crippen LogP contribution < -0.4 is 9.47 Å². The molecule has 1 aromatic carbocycles. The molecule has 0 amide bonds. The van der Waals surface area contributed by atoms with Crippen LogP contribution in [0.1, 0.15) is 52.5 Å². The highest BCUT2D eigenvalue weighted by Gasteiger charge is 2.25. The molecule has 0 bridgehead atoms. The molecule has 1 unspecified atom stereocenters. The molecule has 22 heavy (non-hydrogen) atoms. The summed E-state index contributed by atoms with van der Waals surface area (Å²) in [4.78, 5) is 12.0. The van der Waals surface area contributed by atoms with E-state index in [1.807, 2.05) is 26.8 Å². The first-order valence-corrected chi connectivity index (χ1v) is 9.23. The maximum Gasteiger partial charge on any atom is 0.514 e. The Balaban J connectivity index is 3.28. The molecule has 0 saturated carbocycles. The van der Waals surface area contributed by atoms with E-state index < -0.39 is 11.8 Å². The van der Waals surface area contributed by atoms with E-state index in [0.717, 1.165) is 19.1 Å². The van der Waals surface area contributed by atoms with Crippen LogP contribution in [0.3, 0.4) is 0 Å². The molecule has 1 aromatic rings. The summed E-state index contributed by atoms with van der Waals surface area (Å²) in [6.07, 6.45) is 0.252. The van der Waals surface area contributed by atoms with E-state index in [4.69, 9.17) is 14.2 Å². The van der Waals surface area contributed by atoms with Crippen molar-refractivity contribution in [2.45, 2.75) is 52.6 Å². The number of carbonyl (C=O) groups is 1. The summed E-state index contributed by atoms with van der Waals surface area (Å²) >= 11 is 4.38. The summed E-state index contributed by atoms with van der Waals surface area (Å²) in [6.45, 7) is 9.64. The van der Waals surface area contributed by atoms with Crippen molar-refractivity contribution in [2.75, 3.05) is 7.11 Å². The summed E-state index contributed by atoms with van der Waals surface area (Å²) < 4.78 is 18.0. The average molecular weight is 532 g/mol. The van der Waals surface area contributed by atoms with Gasteiger partial charge in [0.05, 0.1) is 14.3 Å². The van der Waals surface area contributed by atoms with Crippen molar-refractivity contribution in [2.24, 2.45) is 0 Å². The molecule has 0 spiro atoms. The highest BCUT2D eigenvalue weighted by atomic mass is 127. The van der Waals surface area contributed by atoms with Crippen molar-refractivity contribution in [1.82, 2.24) is 0 Å². The normalized spacial score (nSPS) is 12.7. The van der Waals surface area contributed by atoms with Gasteiger partial charge >= 0.3 is 6.16 Å². The van der Waals surface area contributed by atoms with Crippen LogP contribution >= 0.6 is 45.2 Å². The molecule has 0 aliphatic carbocycles. The van der Waals surface area contributed by atoms with Gasteiger partial charge in [0.15, 0.2) is 5.75 Å². The van der Waals surface area contributed by atoms with E-state index in [2.05, 4.69) is 59.0 Å². The number of halogens is 2. The summed E-state index contributed by atoms with van der Waals surface area (Å²) in [5, 5.41) is 0. The zero-order valence-corrected chi connectivity index (χ0v) is 18.1. The Morgan fingerprint density at radius 2 is 1.86 bits per heavy atom. The molecule has 0 heterocycles. The molecule has 0 radical (unpaired) electrons. The number of hydrogen-bond donors (Lipinski definition) is 0. The average Bonchev–Trinajstić information content (AvgIpc) is 2.39. The fraction of sp³-hybridized carbons (Fsp3) is 0.562. The molecule has 6 heteroatoms. The largest absolute Gasteiger partial charge is 0.514 e. The molecule has 0 aliphatic heterocycles. The number of benzene rings is 1. The lowest BCUT2D eigenvalue weighted by molar-refractivity contribution is 0.0201. The Bertz CT molecular complexity index is 550. The second kappa shape index (κ2) is 8.03. The van der Waals surface area contributed by atoms with Crippen LogP contribution in [0.4, 0.5) is 4.79 Å². The molecule has 0 aromatic heterocycles. The van der Waals surface area contributed by atoms with Gasteiger partial charge in [0.25, 0.3) is 0 Å². The minimum Gasteiger partial charge on any atom is -0.494 e. The van der Waals surface area contributed by atoms with Gasteiger partial charge in [-0.3, -0.25) is 0 Å². The maximum absolute atomic E-state index is 12.0. The smallest absolute Gasteiger partial charge is 0.494 e. The lowest BCUT2D eigenvalue weighted by Crippen LogP contribution is -2.26. The van der Waals surface area contributed by atoms with E-state index in [1.165, 1.54) is 0 Å². The predicted molar refractivity (Wildman–Crippen MR) is 104 cm³/mol. The molecule has 1 rings (SSSR count). The van der Waals surface area contributed by atoms with Crippen molar-refractivity contribution in [1.29, 1.82) is 0 Å². The fourth-order valence-electron chi connectivity index (χ4n) is 1.83. The first-order valence-electron chi connectivity index (χ1n) is 7.07. The van der Waals surface area contributed by atoms with Gasteiger partial charge in [-0.25, -0.2) is 4.79 Å². The van der Waals surface area contributed by atoms with Gasteiger partial charge in [0.1, 0.15) is 11.4 Å². The number of methoxy groups -OCH3 is 1. The third kappa shape index (κ3) is 5.14. The van der Waals surface area contributed by atoms with Crippen LogP contribution in [0.5, 0.6) is 11.5 Å². The SMILES string of the molecule is CCC(C)c1cc(I)c(OC)c(I)c1OC(=O)OC(C)(C)C. The molecular formula is C16H22I2O4. The third-order valence-electron chi connectivity index (χ3n) is 3.08. The Morgan fingerprint density at radius 3 is 2.32 bits per heavy atom. The van der Waals surface area contributed by atoms with E-state index in [9.17, 15) is 4.79 Å². The van der Waals surface area contributed by atoms with Crippen molar-refractivity contribution < 1.29 is 19.0 Å². The Hall–Kier alpha value is -0.250. The second-order valence-corrected chi connectivity index (χ2v) is 8.24. The van der Waals surface area contributed by atoms with Crippen LogP contribution in [0, 0.1) is 7.14 Å². The number of rotatable bonds is 4. The summed E-state index contributed by atoms with van der Waals surface area (Å²) in [5.41, 5.74) is 0.398. The lowest BCUT2D eigenvalue weighted by atomic mass is 9.97. The third-order valence-corrected chi connectivity index (χ3v) is 4.86. The Kier molecular flexibility index (Phi) is 7.22. The van der Waals surface area contributed by atoms with Gasteiger partial charge in [0, 0.05) is 5.56 Å². The van der Waals surface area contributed by atoms with Gasteiger partial charge in [-0.05, 0) is 84.4 Å². The van der Waals surface area contributed by atoms with Crippen LogP contribution in [0.2, 0.25) is 0 Å². The second-order valence-electron chi connectivity index (χ2n) is 6.00. The Labute approximate surface area is 159 Å². The molecule has 0 fully saturated rings. The van der Waals surface area contributed by atoms with Crippen LogP contribution in [0.15, 0.2) is 6.07 Å². The molecule has 1 atom stereocenters. The monoisotopic (exact) mass is 532 g/mol. The lowest BCUT2D eigenvalue weighted by Gasteiger charge is -2.22. The van der Waals surface area contributed by atoms with Gasteiger partial charge in [-0.15, -0.1) is 0 Å². The van der Waals surface area contributed by atoms with Crippen LogP contribution in [0.25, 0.3) is 0 Å². The highest BCUT2D eigenvalue weighted by molar-refractivity contribution is 14.1. The fourth-order valence-corrected chi connectivity index (χ4v) is 4.11. The Morgan fingerprint density at radius 1 is 1.27 bits per heavy atom. The number of carbonyl (C=O) groups excluding carboxylic acids is 1. The van der Waals surface area contributed by atoms with Gasteiger partial charge in [-0.2, -0.15) is 0 Å².